The Hall–Kier alpha value is -5.84. The predicted molar refractivity (Wildman–Crippen MR) is 417 cm³/mol. The van der Waals surface area contributed by atoms with Crippen LogP contribution < -0.4 is 11.0 Å². The molecule has 2 unspecified atom stereocenters. The molecule has 0 aromatic carbocycles. The van der Waals surface area contributed by atoms with Crippen molar-refractivity contribution in [3.63, 3.8) is 0 Å². The number of aliphatic hydroxyl groups is 4. The van der Waals surface area contributed by atoms with Gasteiger partial charge in [-0.2, -0.15) is 11.0 Å². The molecular weight excluding hydrogens is 1490 g/mol. The standard InChI is InChI=1S/C87H126N2O26/c1-17-46(3)74-52(9)30-32-84(112-74)42-62-38-60(110-84)28-26-50(7)72(48(5)22-19-24-58-44-102-78-70(90)54(11)36-64(80(92)106-62)86(58,78)96)108-68-40-66(98-15)76(56(13)104-68)114-88-82(94)100-34-21-35-101-83(95)89-115-77-57(14)105-69(41-67(77)99-16)109-73-49(6)23-20-25-59-45-103-79-71(91)55(12)37-65(87(59,79)97)81(93)107-63-39-61(29-27-51(73)8)111-85(43-63)33-31-53(10)75(113-85)47(4)18-2/h19-20,22-27,30-33,36-37,46-49,52-53,56-57,60-79,90-91,96-97H,17-18,21,28-29,34-35,38-45H2,1-16H3,(H,88,94)(H,89,95)/b22-19+,23-20+,50-26+,51-27+,58-24+,59-25+/t46?,47?,48-,49-,52-,53-,56-,57-,60+,61+,62-,63-,64-,65-,66-,67-,68-,69-,70+,71+,72-,73-,74+,75+,76-,77-,78+,79+,84+,85+,86+,87+/m0/s1. The number of allylic oxidation sites excluding steroid dienone is 4. The maximum Gasteiger partial charge on any atom is 0.431 e. The van der Waals surface area contributed by atoms with Gasteiger partial charge in [0.25, 0.3) is 0 Å². The van der Waals surface area contributed by atoms with Crippen LogP contribution in [-0.4, -0.2) is 230 Å². The van der Waals surface area contributed by atoms with Crippen LogP contribution in [0.1, 0.15) is 168 Å². The van der Waals surface area contributed by atoms with E-state index in [0.717, 1.165) is 24.0 Å². The van der Waals surface area contributed by atoms with Crippen molar-refractivity contribution in [3.8, 4) is 0 Å². The summed E-state index contributed by atoms with van der Waals surface area (Å²) >= 11 is 0. The number of carbonyl (C=O) groups is 4. The van der Waals surface area contributed by atoms with Gasteiger partial charge in [0.05, 0.1) is 87.5 Å². The second kappa shape index (κ2) is 37.8. The minimum absolute atomic E-state index is 0.0256. The summed E-state index contributed by atoms with van der Waals surface area (Å²) in [5, 5.41) is 48.0. The molecule has 10 aliphatic heterocycles. The first-order chi connectivity index (χ1) is 54.8. The van der Waals surface area contributed by atoms with E-state index in [2.05, 4.69) is 76.8 Å². The SMILES string of the molecule is CCC(C)[C@H]1O[C@]2(C=C[C@@H]1C)C[C@@H]1C[C@@H](C/C=C(\C)[C@@H](O[C@H]3C[C@H](OC)[C@@H](ONC(=O)OCCCOC(=O)NO[C@H]4[C@H](C)O[C@@H](O[C@@H]5/C(C)=C/C[C@@H]6C[C@@H](C[C@]7(C=C[C@H](C)[C@@H](C(C)CC)O7)O6)OC(=O)[C@@H]6C=C(C)[C@@H](O)[C@H]7OC/C(=C\C=C\[C@@H]5C)[C@]76O)C[C@@H]4OC)[C@H](C)O3)[C@@H](C)/C=C/C=C3\CO[C@@H]4[C@H](O)C(C)=C[C@@H](C(=O)O1)[C@]34O)O2. The summed E-state index contributed by atoms with van der Waals surface area (Å²) < 4.78 is 102. The van der Waals surface area contributed by atoms with Gasteiger partial charge in [0, 0.05) is 82.8 Å². The topological polar surface area (TPSA) is 339 Å². The fourth-order valence-corrected chi connectivity index (χ4v) is 18.7. The first kappa shape index (κ1) is 88.4. The van der Waals surface area contributed by atoms with Crippen molar-refractivity contribution < 1.29 is 125 Å². The molecule has 28 nitrogen and oxygen atoms in total. The zero-order chi connectivity index (χ0) is 82.6. The number of aliphatic hydroxyl groups excluding tert-OH is 2. The average molecular weight is 1620 g/mol. The zero-order valence-corrected chi connectivity index (χ0v) is 69.6. The van der Waals surface area contributed by atoms with E-state index in [1.165, 1.54) is 14.2 Å². The van der Waals surface area contributed by atoms with Gasteiger partial charge in [-0.05, 0) is 112 Å². The number of hydrogen-bond donors (Lipinski definition) is 6. The van der Waals surface area contributed by atoms with Gasteiger partial charge in [0.15, 0.2) is 24.2 Å². The largest absolute Gasteiger partial charge is 0.462 e. The van der Waals surface area contributed by atoms with Crippen molar-refractivity contribution in [2.24, 2.45) is 47.3 Å². The van der Waals surface area contributed by atoms with E-state index in [4.69, 9.17) is 85.5 Å². The molecule has 6 saturated heterocycles. The Morgan fingerprint density at radius 3 is 1.33 bits per heavy atom. The fourth-order valence-electron chi connectivity index (χ4n) is 18.7. The monoisotopic (exact) mass is 1610 g/mol. The van der Waals surface area contributed by atoms with Gasteiger partial charge in [0.1, 0.15) is 71.9 Å². The number of esters is 2. The number of ether oxygens (including phenoxy) is 16. The second-order valence-corrected chi connectivity index (χ2v) is 34.2. The Morgan fingerprint density at radius 2 is 0.948 bits per heavy atom. The summed E-state index contributed by atoms with van der Waals surface area (Å²) in [6.07, 6.45) is 15.0. The molecular formula is C87H126N2O26. The third-order valence-electron chi connectivity index (χ3n) is 25.8. The quantitative estimate of drug-likeness (QED) is 0.0244. The third-order valence-corrected chi connectivity index (χ3v) is 25.8. The zero-order valence-electron chi connectivity index (χ0n) is 69.6. The van der Waals surface area contributed by atoms with Gasteiger partial charge in [-0.15, -0.1) is 0 Å². The van der Waals surface area contributed by atoms with Crippen molar-refractivity contribution in [3.05, 3.63) is 119 Å². The molecule has 2 amide bonds. The van der Waals surface area contributed by atoms with Crippen LogP contribution in [0.25, 0.3) is 0 Å². The molecule has 32 atom stereocenters. The van der Waals surface area contributed by atoms with Crippen molar-refractivity contribution in [2.75, 3.05) is 40.6 Å². The molecule has 10 heterocycles. The number of hydrogen-bond acceptors (Lipinski definition) is 26. The summed E-state index contributed by atoms with van der Waals surface area (Å²) in [7, 11) is 3.07. The van der Waals surface area contributed by atoms with Crippen LogP contribution in [0.2, 0.25) is 0 Å². The molecule has 2 aliphatic carbocycles. The fraction of sp³-hybridized carbons (Fsp3) is 0.724. The highest BCUT2D eigenvalue weighted by molar-refractivity contribution is 5.79. The lowest BCUT2D eigenvalue weighted by Crippen LogP contribution is -2.58. The molecule has 0 aromatic rings. The summed E-state index contributed by atoms with van der Waals surface area (Å²) in [5.41, 5.74) is 4.50. The third kappa shape index (κ3) is 19.5. The average Bonchev–Trinajstić information content (AvgIpc) is 1.60. The summed E-state index contributed by atoms with van der Waals surface area (Å²) in [4.78, 5) is 67.1. The van der Waals surface area contributed by atoms with E-state index in [0.29, 0.717) is 48.0 Å². The smallest absolute Gasteiger partial charge is 0.431 e. The Labute approximate surface area is 676 Å². The highest BCUT2D eigenvalue weighted by Gasteiger charge is 2.62. The van der Waals surface area contributed by atoms with E-state index in [9.17, 15) is 39.6 Å². The highest BCUT2D eigenvalue weighted by atomic mass is 16.8. The molecule has 12 rings (SSSR count). The molecule has 6 N–H and O–H groups in total. The number of hydroxylamine groups is 2. The minimum Gasteiger partial charge on any atom is -0.462 e. The maximum absolute atomic E-state index is 14.5. The number of amides is 2. The first-order valence-electron chi connectivity index (χ1n) is 41.7. The van der Waals surface area contributed by atoms with Crippen molar-refractivity contribution in [2.45, 2.75) is 313 Å². The molecule has 2 spiro atoms. The number of methoxy groups -OCH3 is 2. The first-order valence-corrected chi connectivity index (χ1v) is 41.7. The predicted octanol–water partition coefficient (Wildman–Crippen LogP) is 10.4. The van der Waals surface area contributed by atoms with Crippen molar-refractivity contribution in [1.82, 2.24) is 11.0 Å². The highest BCUT2D eigenvalue weighted by Crippen LogP contribution is 2.50. The van der Waals surface area contributed by atoms with Crippen molar-refractivity contribution in [1.29, 1.82) is 0 Å². The van der Waals surface area contributed by atoms with Crippen LogP contribution in [0.5, 0.6) is 0 Å². The van der Waals surface area contributed by atoms with Gasteiger partial charge in [-0.1, -0.05) is 141 Å². The number of nitrogens with one attached hydrogen (secondary N) is 2. The maximum atomic E-state index is 14.5. The van der Waals surface area contributed by atoms with Gasteiger partial charge < -0.3 is 96.2 Å². The van der Waals surface area contributed by atoms with Crippen LogP contribution in [0.4, 0.5) is 9.59 Å². The van der Waals surface area contributed by atoms with Crippen LogP contribution in [-0.2, 0) is 95.1 Å². The van der Waals surface area contributed by atoms with Crippen molar-refractivity contribution >= 4 is 24.1 Å². The van der Waals surface area contributed by atoms with Gasteiger partial charge in [0.2, 0.25) is 0 Å². The lowest BCUT2D eigenvalue weighted by molar-refractivity contribution is -0.301. The molecule has 28 heteroatoms. The number of rotatable bonds is 18. The molecule has 0 radical (unpaired) electrons. The van der Waals surface area contributed by atoms with E-state index in [1.807, 2.05) is 52.0 Å². The molecule has 115 heavy (non-hydrogen) atoms. The van der Waals surface area contributed by atoms with Crippen LogP contribution in [0.3, 0.4) is 0 Å². The molecule has 6 fully saturated rings. The van der Waals surface area contributed by atoms with E-state index in [1.54, 1.807) is 64.2 Å². The van der Waals surface area contributed by atoms with Gasteiger partial charge >= 0.3 is 24.1 Å². The van der Waals surface area contributed by atoms with Gasteiger partial charge in [-0.3, -0.25) is 19.3 Å². The van der Waals surface area contributed by atoms with Crippen LogP contribution >= 0.6 is 0 Å². The van der Waals surface area contributed by atoms with Gasteiger partial charge in [-0.25, -0.2) is 9.59 Å². The minimum atomic E-state index is -1.90. The Bertz CT molecular complexity index is 3500. The Kier molecular flexibility index (Phi) is 29.1. The molecule has 4 bridgehead atoms. The Balaban J connectivity index is 0.628. The van der Waals surface area contributed by atoms with E-state index in [-0.39, 0.29) is 106 Å². The number of carbonyl (C=O) groups excluding carboxylic acids is 4. The van der Waals surface area contributed by atoms with E-state index < -0.39 is 169 Å². The summed E-state index contributed by atoms with van der Waals surface area (Å²) in [6, 6.07) is 0. The van der Waals surface area contributed by atoms with Crippen LogP contribution in [0, 0.1) is 47.3 Å². The second-order valence-electron chi connectivity index (χ2n) is 34.2. The summed E-state index contributed by atoms with van der Waals surface area (Å²) in [5.74, 6) is -5.89. The van der Waals surface area contributed by atoms with Crippen LogP contribution in [0.15, 0.2) is 119 Å². The molecule has 12 aliphatic rings. The lowest BCUT2D eigenvalue weighted by Gasteiger charge is -2.48. The Morgan fingerprint density at radius 1 is 0.548 bits per heavy atom. The molecule has 0 aromatic heterocycles. The molecule has 0 saturated carbocycles. The van der Waals surface area contributed by atoms with E-state index >= 15 is 0 Å². The lowest BCUT2D eigenvalue weighted by atomic mass is 9.71. The normalized spacial score (nSPS) is 45.2. The molecule has 640 valence electrons. The summed E-state index contributed by atoms with van der Waals surface area (Å²) in [6.45, 7) is 27.5. The number of fused-ring (bicyclic) bond motifs is 4.